The fraction of sp³-hybridized carbons (Fsp3) is 0.471. The molecule has 3 heteroatoms. The van der Waals surface area contributed by atoms with Crippen molar-refractivity contribution in [2.45, 2.75) is 46.7 Å². The molecule has 0 saturated heterocycles. The minimum Gasteiger partial charge on any atom is -0.305 e. The van der Waals surface area contributed by atoms with Crippen molar-refractivity contribution in [1.29, 1.82) is 0 Å². The molecule has 0 aliphatic carbocycles. The molecule has 0 fully saturated rings. The zero-order chi connectivity index (χ0) is 14.5. The Morgan fingerprint density at radius 2 is 1.85 bits per heavy atom. The maximum absolute atomic E-state index is 4.46. The molecular formula is C17H25N3. The number of nitrogens with zero attached hydrogens (tertiary/aromatic N) is 2. The van der Waals surface area contributed by atoms with E-state index in [9.17, 15) is 0 Å². The van der Waals surface area contributed by atoms with Crippen LogP contribution in [0, 0.1) is 13.8 Å². The molecule has 0 spiro atoms. The van der Waals surface area contributed by atoms with Crippen LogP contribution >= 0.6 is 0 Å². The molecule has 20 heavy (non-hydrogen) atoms. The van der Waals surface area contributed by atoms with Crippen molar-refractivity contribution in [2.75, 3.05) is 6.54 Å². The molecule has 1 aromatic carbocycles. The number of hydrogen-bond donors (Lipinski definition) is 1. The normalized spacial score (nSPS) is 12.6. The van der Waals surface area contributed by atoms with Crippen LogP contribution in [0.15, 0.2) is 30.5 Å². The van der Waals surface area contributed by atoms with Crippen LogP contribution in [0.25, 0.3) is 0 Å². The summed E-state index contributed by atoms with van der Waals surface area (Å²) in [5.41, 5.74) is 5.19. The summed E-state index contributed by atoms with van der Waals surface area (Å²) in [6.07, 6.45) is 3.00. The first-order valence-corrected chi connectivity index (χ1v) is 7.49. The SMILES string of the molecule is CCCn1nccc1C(NCC)c1cc(C)cc(C)c1. The fourth-order valence-corrected chi connectivity index (χ4v) is 2.76. The van der Waals surface area contributed by atoms with Gasteiger partial charge in [0.05, 0.1) is 11.7 Å². The third-order valence-corrected chi connectivity index (χ3v) is 3.47. The Hall–Kier alpha value is -1.61. The second-order valence-corrected chi connectivity index (χ2v) is 5.39. The first-order chi connectivity index (χ1) is 9.65. The van der Waals surface area contributed by atoms with E-state index in [0.717, 1.165) is 19.5 Å². The largest absolute Gasteiger partial charge is 0.305 e. The lowest BCUT2D eigenvalue weighted by atomic mass is 9.99. The molecule has 1 heterocycles. The van der Waals surface area contributed by atoms with Crippen molar-refractivity contribution in [3.05, 3.63) is 52.8 Å². The van der Waals surface area contributed by atoms with Crippen molar-refractivity contribution in [1.82, 2.24) is 15.1 Å². The van der Waals surface area contributed by atoms with Gasteiger partial charge in [-0.2, -0.15) is 5.10 Å². The molecule has 108 valence electrons. The van der Waals surface area contributed by atoms with Gasteiger partial charge < -0.3 is 5.32 Å². The van der Waals surface area contributed by atoms with Gasteiger partial charge in [-0.3, -0.25) is 4.68 Å². The molecule has 0 bridgehead atoms. The van der Waals surface area contributed by atoms with Gasteiger partial charge in [0.15, 0.2) is 0 Å². The number of hydrogen-bond acceptors (Lipinski definition) is 2. The summed E-state index contributed by atoms with van der Waals surface area (Å²) in [6, 6.07) is 9.09. The summed E-state index contributed by atoms with van der Waals surface area (Å²) in [5, 5.41) is 8.05. The Kier molecular flexibility index (Phi) is 4.96. The number of aryl methyl sites for hydroxylation is 3. The Balaban J connectivity index is 2.41. The summed E-state index contributed by atoms with van der Waals surface area (Å²) in [6.45, 7) is 10.6. The average molecular weight is 271 g/mol. The second-order valence-electron chi connectivity index (χ2n) is 5.39. The van der Waals surface area contributed by atoms with E-state index in [4.69, 9.17) is 0 Å². The van der Waals surface area contributed by atoms with Crippen LogP contribution < -0.4 is 5.32 Å². The summed E-state index contributed by atoms with van der Waals surface area (Å²) in [4.78, 5) is 0. The highest BCUT2D eigenvalue weighted by Crippen LogP contribution is 2.24. The molecule has 1 N–H and O–H groups in total. The van der Waals surface area contributed by atoms with E-state index < -0.39 is 0 Å². The Morgan fingerprint density at radius 1 is 1.15 bits per heavy atom. The summed E-state index contributed by atoms with van der Waals surface area (Å²) in [5.74, 6) is 0. The predicted octanol–water partition coefficient (Wildman–Crippen LogP) is 3.61. The van der Waals surface area contributed by atoms with Crippen molar-refractivity contribution in [3.63, 3.8) is 0 Å². The Labute approximate surface area is 122 Å². The van der Waals surface area contributed by atoms with E-state index >= 15 is 0 Å². The molecule has 0 radical (unpaired) electrons. The quantitative estimate of drug-likeness (QED) is 0.870. The van der Waals surface area contributed by atoms with Crippen LogP contribution in [0.3, 0.4) is 0 Å². The van der Waals surface area contributed by atoms with Gasteiger partial charge >= 0.3 is 0 Å². The summed E-state index contributed by atoms with van der Waals surface area (Å²) >= 11 is 0. The maximum atomic E-state index is 4.46. The van der Waals surface area contributed by atoms with E-state index in [2.05, 4.69) is 67.1 Å². The van der Waals surface area contributed by atoms with Crippen molar-refractivity contribution < 1.29 is 0 Å². The topological polar surface area (TPSA) is 29.9 Å². The standard InChI is InChI=1S/C17H25N3/c1-5-9-20-16(7-8-19-20)17(18-6-2)15-11-13(3)10-14(4)12-15/h7-8,10-12,17-18H,5-6,9H2,1-4H3. The predicted molar refractivity (Wildman–Crippen MR) is 84.0 cm³/mol. The molecule has 1 aromatic heterocycles. The van der Waals surface area contributed by atoms with Gasteiger partial charge in [-0.25, -0.2) is 0 Å². The number of nitrogens with one attached hydrogen (secondary N) is 1. The van der Waals surface area contributed by atoms with E-state index in [-0.39, 0.29) is 6.04 Å². The van der Waals surface area contributed by atoms with Gasteiger partial charge in [-0.1, -0.05) is 43.2 Å². The molecule has 2 rings (SSSR count). The highest BCUT2D eigenvalue weighted by molar-refractivity contribution is 5.34. The number of aromatic nitrogens is 2. The lowest BCUT2D eigenvalue weighted by molar-refractivity contribution is 0.520. The van der Waals surface area contributed by atoms with Crippen molar-refractivity contribution in [3.8, 4) is 0 Å². The monoisotopic (exact) mass is 271 g/mol. The smallest absolute Gasteiger partial charge is 0.0748 e. The zero-order valence-electron chi connectivity index (χ0n) is 13.0. The van der Waals surface area contributed by atoms with Gasteiger partial charge in [0.1, 0.15) is 0 Å². The first kappa shape index (κ1) is 14.8. The molecular weight excluding hydrogens is 246 g/mol. The minimum absolute atomic E-state index is 0.215. The zero-order valence-corrected chi connectivity index (χ0v) is 13.0. The third kappa shape index (κ3) is 3.28. The molecule has 0 aliphatic rings. The molecule has 2 aromatic rings. The van der Waals surface area contributed by atoms with Crippen LogP contribution in [0.1, 0.15) is 48.7 Å². The lowest BCUT2D eigenvalue weighted by Gasteiger charge is -2.21. The van der Waals surface area contributed by atoms with Crippen LogP contribution in [0.2, 0.25) is 0 Å². The van der Waals surface area contributed by atoms with Crippen LogP contribution in [0.4, 0.5) is 0 Å². The van der Waals surface area contributed by atoms with Crippen LogP contribution in [0.5, 0.6) is 0 Å². The van der Waals surface area contributed by atoms with E-state index in [1.165, 1.54) is 22.4 Å². The highest BCUT2D eigenvalue weighted by atomic mass is 15.3. The average Bonchev–Trinajstić information content (AvgIpc) is 2.83. The van der Waals surface area contributed by atoms with E-state index in [1.54, 1.807) is 0 Å². The third-order valence-electron chi connectivity index (χ3n) is 3.47. The van der Waals surface area contributed by atoms with Gasteiger partial charge in [0.2, 0.25) is 0 Å². The Morgan fingerprint density at radius 3 is 2.45 bits per heavy atom. The van der Waals surface area contributed by atoms with Crippen molar-refractivity contribution >= 4 is 0 Å². The van der Waals surface area contributed by atoms with Gasteiger partial charge in [-0.05, 0) is 38.4 Å². The molecule has 0 amide bonds. The molecule has 0 saturated carbocycles. The van der Waals surface area contributed by atoms with Gasteiger partial charge in [0, 0.05) is 12.7 Å². The van der Waals surface area contributed by atoms with Crippen LogP contribution in [-0.4, -0.2) is 16.3 Å². The lowest BCUT2D eigenvalue weighted by Crippen LogP contribution is -2.25. The van der Waals surface area contributed by atoms with Crippen LogP contribution in [-0.2, 0) is 6.54 Å². The van der Waals surface area contributed by atoms with Gasteiger partial charge in [-0.15, -0.1) is 0 Å². The molecule has 3 nitrogen and oxygen atoms in total. The second kappa shape index (κ2) is 6.71. The first-order valence-electron chi connectivity index (χ1n) is 7.49. The minimum atomic E-state index is 0.215. The highest BCUT2D eigenvalue weighted by Gasteiger charge is 2.17. The Bertz CT molecular complexity index is 537. The summed E-state index contributed by atoms with van der Waals surface area (Å²) < 4.78 is 2.12. The number of rotatable bonds is 6. The number of benzene rings is 1. The van der Waals surface area contributed by atoms with E-state index in [1.807, 2.05) is 6.20 Å². The van der Waals surface area contributed by atoms with Crippen molar-refractivity contribution in [2.24, 2.45) is 0 Å². The fourth-order valence-electron chi connectivity index (χ4n) is 2.76. The molecule has 0 aliphatic heterocycles. The molecule has 1 unspecified atom stereocenters. The molecule has 1 atom stereocenters. The maximum Gasteiger partial charge on any atom is 0.0748 e. The van der Waals surface area contributed by atoms with Gasteiger partial charge in [0.25, 0.3) is 0 Å². The van der Waals surface area contributed by atoms with E-state index in [0.29, 0.717) is 0 Å². The summed E-state index contributed by atoms with van der Waals surface area (Å²) in [7, 11) is 0.